The van der Waals surface area contributed by atoms with Crippen molar-refractivity contribution in [1.29, 1.82) is 0 Å². The van der Waals surface area contributed by atoms with E-state index in [9.17, 15) is 14.7 Å². The van der Waals surface area contributed by atoms with Crippen LogP contribution in [0.1, 0.15) is 68.2 Å². The van der Waals surface area contributed by atoms with Crippen LogP contribution in [0.3, 0.4) is 0 Å². The lowest BCUT2D eigenvalue weighted by molar-refractivity contribution is -0.183. The van der Waals surface area contributed by atoms with Crippen molar-refractivity contribution in [2.75, 3.05) is 5.32 Å². The van der Waals surface area contributed by atoms with E-state index in [1.807, 2.05) is 54.6 Å². The van der Waals surface area contributed by atoms with Crippen molar-refractivity contribution in [3.8, 4) is 0 Å². The van der Waals surface area contributed by atoms with Gasteiger partial charge in [-0.05, 0) is 50.3 Å². The molecule has 8 nitrogen and oxygen atoms in total. The van der Waals surface area contributed by atoms with Crippen molar-refractivity contribution in [1.82, 2.24) is 4.98 Å². The maximum absolute atomic E-state index is 13.1. The molecule has 222 valence electrons. The SMILES string of the molecule is CC(C)(C)OC(=O)C1(ON=C(C(=O)O)c2nc(NC(c3ccccc3)(c3ccccc3)c3ccccc3)cs2)CCCC1. The average molecular weight is 598 g/mol. The van der Waals surface area contributed by atoms with Crippen LogP contribution in [-0.2, 0) is 24.7 Å². The Morgan fingerprint density at radius 2 is 1.35 bits per heavy atom. The molecule has 1 aromatic heterocycles. The Hall–Kier alpha value is -4.50. The second-order valence-electron chi connectivity index (χ2n) is 11.6. The first kappa shape index (κ1) is 30.0. The molecule has 0 spiro atoms. The van der Waals surface area contributed by atoms with E-state index in [0.717, 1.165) is 40.9 Å². The summed E-state index contributed by atoms with van der Waals surface area (Å²) >= 11 is 1.13. The Labute approximate surface area is 255 Å². The lowest BCUT2D eigenvalue weighted by Gasteiger charge is -2.37. The molecule has 1 saturated carbocycles. The number of anilines is 1. The van der Waals surface area contributed by atoms with E-state index < -0.39 is 28.7 Å². The molecule has 0 radical (unpaired) electrons. The van der Waals surface area contributed by atoms with Crippen molar-refractivity contribution in [2.45, 2.75) is 63.2 Å². The third kappa shape index (κ3) is 6.46. The number of hydrogen-bond donors (Lipinski definition) is 2. The van der Waals surface area contributed by atoms with Gasteiger partial charge in [0, 0.05) is 18.2 Å². The molecule has 0 bridgehead atoms. The monoisotopic (exact) mass is 597 g/mol. The van der Waals surface area contributed by atoms with Gasteiger partial charge in [-0.2, -0.15) is 0 Å². The fraction of sp³-hybridized carbons (Fsp3) is 0.294. The van der Waals surface area contributed by atoms with Crippen molar-refractivity contribution in [3.05, 3.63) is 118 Å². The maximum Gasteiger partial charge on any atom is 0.361 e. The number of aliphatic carboxylic acids is 1. The Kier molecular flexibility index (Phi) is 8.64. The minimum atomic E-state index is -1.32. The summed E-state index contributed by atoms with van der Waals surface area (Å²) in [5.74, 6) is -1.38. The quantitative estimate of drug-likeness (QED) is 0.0876. The molecule has 1 aliphatic carbocycles. The van der Waals surface area contributed by atoms with Crippen LogP contribution in [0, 0.1) is 0 Å². The normalized spacial score (nSPS) is 15.1. The van der Waals surface area contributed by atoms with Crippen LogP contribution < -0.4 is 5.32 Å². The third-order valence-electron chi connectivity index (χ3n) is 7.34. The molecule has 3 aromatic carbocycles. The van der Waals surface area contributed by atoms with Crippen LogP contribution >= 0.6 is 11.3 Å². The van der Waals surface area contributed by atoms with Gasteiger partial charge < -0.3 is 20.0 Å². The number of carbonyl (C=O) groups is 2. The summed E-state index contributed by atoms with van der Waals surface area (Å²) < 4.78 is 5.60. The predicted octanol–water partition coefficient (Wildman–Crippen LogP) is 7.01. The molecule has 5 rings (SSSR count). The molecular formula is C34H35N3O5S. The fourth-order valence-electron chi connectivity index (χ4n) is 5.37. The van der Waals surface area contributed by atoms with Crippen LogP contribution in [0.15, 0.2) is 102 Å². The molecule has 0 amide bonds. The van der Waals surface area contributed by atoms with Crippen molar-refractivity contribution < 1.29 is 24.3 Å². The van der Waals surface area contributed by atoms with Crippen LogP contribution in [0.2, 0.25) is 0 Å². The molecular weight excluding hydrogens is 562 g/mol. The number of ether oxygens (including phenoxy) is 1. The molecule has 1 aliphatic rings. The first-order valence-corrected chi connectivity index (χ1v) is 15.1. The summed E-state index contributed by atoms with van der Waals surface area (Å²) in [4.78, 5) is 35.9. The number of carbonyl (C=O) groups excluding carboxylic acids is 1. The number of hydrogen-bond acceptors (Lipinski definition) is 8. The second-order valence-corrected chi connectivity index (χ2v) is 12.4. The summed E-state index contributed by atoms with van der Waals surface area (Å²) in [6.07, 6.45) is 2.31. The summed E-state index contributed by atoms with van der Waals surface area (Å²) in [6.45, 7) is 5.35. The number of esters is 1. The van der Waals surface area contributed by atoms with Crippen LogP contribution in [0.5, 0.6) is 0 Å². The predicted molar refractivity (Wildman–Crippen MR) is 167 cm³/mol. The summed E-state index contributed by atoms with van der Waals surface area (Å²) in [6, 6.07) is 30.1. The van der Waals surface area contributed by atoms with Crippen LogP contribution in [0.4, 0.5) is 5.82 Å². The Balaban J connectivity index is 1.53. The van der Waals surface area contributed by atoms with Gasteiger partial charge in [-0.15, -0.1) is 11.3 Å². The van der Waals surface area contributed by atoms with E-state index in [0.29, 0.717) is 18.7 Å². The molecule has 9 heteroatoms. The summed E-state index contributed by atoms with van der Waals surface area (Å²) in [5.41, 5.74) is -0.299. The highest BCUT2D eigenvalue weighted by atomic mass is 32.1. The second kappa shape index (κ2) is 12.4. The number of nitrogens with one attached hydrogen (secondary N) is 1. The number of rotatable bonds is 10. The number of aromatic nitrogens is 1. The van der Waals surface area contributed by atoms with E-state index >= 15 is 0 Å². The highest BCUT2D eigenvalue weighted by Crippen LogP contribution is 2.40. The van der Waals surface area contributed by atoms with Gasteiger partial charge >= 0.3 is 11.9 Å². The Morgan fingerprint density at radius 3 is 1.79 bits per heavy atom. The van der Waals surface area contributed by atoms with Crippen LogP contribution in [0.25, 0.3) is 0 Å². The van der Waals surface area contributed by atoms with Gasteiger partial charge in [0.25, 0.3) is 0 Å². The zero-order valence-corrected chi connectivity index (χ0v) is 25.3. The molecule has 1 fully saturated rings. The topological polar surface area (TPSA) is 110 Å². The average Bonchev–Trinajstić information content (AvgIpc) is 3.67. The largest absolute Gasteiger partial charge is 0.476 e. The minimum Gasteiger partial charge on any atom is -0.476 e. The van der Waals surface area contributed by atoms with Gasteiger partial charge in [0.2, 0.25) is 11.3 Å². The zero-order chi connectivity index (χ0) is 30.5. The summed E-state index contributed by atoms with van der Waals surface area (Å²) in [5, 5.41) is 19.7. The molecule has 1 heterocycles. The molecule has 0 saturated heterocycles. The molecule has 2 N–H and O–H groups in total. The van der Waals surface area contributed by atoms with Crippen molar-refractivity contribution >= 4 is 34.8 Å². The van der Waals surface area contributed by atoms with Gasteiger partial charge in [0.1, 0.15) is 17.0 Å². The van der Waals surface area contributed by atoms with Gasteiger partial charge in [-0.25, -0.2) is 14.6 Å². The third-order valence-corrected chi connectivity index (χ3v) is 8.19. The Morgan fingerprint density at radius 1 is 0.860 bits per heavy atom. The molecule has 4 aromatic rings. The molecule has 0 atom stereocenters. The molecule has 0 unspecified atom stereocenters. The highest BCUT2D eigenvalue weighted by Gasteiger charge is 2.47. The minimum absolute atomic E-state index is 0.149. The van der Waals surface area contributed by atoms with E-state index in [2.05, 4.69) is 51.9 Å². The van der Waals surface area contributed by atoms with Crippen molar-refractivity contribution in [3.63, 3.8) is 0 Å². The van der Waals surface area contributed by atoms with Gasteiger partial charge in [0.05, 0.1) is 0 Å². The first-order valence-electron chi connectivity index (χ1n) is 14.3. The first-order chi connectivity index (χ1) is 20.6. The van der Waals surface area contributed by atoms with Gasteiger partial charge in [-0.3, -0.25) is 0 Å². The number of carboxylic acid groups (broad SMARTS) is 1. The van der Waals surface area contributed by atoms with Crippen molar-refractivity contribution in [2.24, 2.45) is 5.16 Å². The molecule has 43 heavy (non-hydrogen) atoms. The zero-order valence-electron chi connectivity index (χ0n) is 24.4. The smallest absolute Gasteiger partial charge is 0.361 e. The highest BCUT2D eigenvalue weighted by molar-refractivity contribution is 7.13. The van der Waals surface area contributed by atoms with E-state index in [4.69, 9.17) is 9.57 Å². The fourth-order valence-corrected chi connectivity index (χ4v) is 6.09. The van der Waals surface area contributed by atoms with E-state index in [1.165, 1.54) is 0 Å². The summed E-state index contributed by atoms with van der Waals surface area (Å²) in [7, 11) is 0. The number of oxime groups is 1. The van der Waals surface area contributed by atoms with E-state index in [1.54, 1.807) is 26.2 Å². The standard InChI is InChI=1S/C34H35N3O5S/c1-32(2,3)41-31(40)33(21-13-14-22-33)42-37-28(30(38)39)29-35-27(23-43-29)36-34(24-15-7-4-8-16-24,25-17-9-5-10-18-25)26-19-11-6-12-20-26/h4-12,15-20,23,36H,13-14,21-22H2,1-3H3,(H,38,39). The number of benzene rings is 3. The van der Waals surface area contributed by atoms with E-state index in [-0.39, 0.29) is 10.7 Å². The number of nitrogens with zero attached hydrogens (tertiary/aromatic N) is 2. The van der Waals surface area contributed by atoms with Gasteiger partial charge in [-0.1, -0.05) is 96.2 Å². The van der Waals surface area contributed by atoms with Crippen LogP contribution in [-0.4, -0.2) is 38.9 Å². The Bertz CT molecular complexity index is 1480. The lowest BCUT2D eigenvalue weighted by Crippen LogP contribution is -2.43. The molecule has 0 aliphatic heterocycles. The maximum atomic E-state index is 13.1. The van der Waals surface area contributed by atoms with Gasteiger partial charge in [0.15, 0.2) is 5.01 Å². The lowest BCUT2D eigenvalue weighted by atomic mass is 9.77. The number of thiazole rings is 1. The number of carboxylic acids is 1.